The van der Waals surface area contributed by atoms with Crippen molar-refractivity contribution in [2.75, 3.05) is 14.2 Å². The van der Waals surface area contributed by atoms with E-state index in [1.54, 1.807) is 49.7 Å². The molecule has 1 aromatic heterocycles. The normalized spacial score (nSPS) is 11.4. The molecule has 0 aliphatic rings. The maximum atomic E-state index is 13.8. The molecule has 0 saturated heterocycles. The van der Waals surface area contributed by atoms with Crippen molar-refractivity contribution in [2.24, 2.45) is 5.10 Å². The van der Waals surface area contributed by atoms with Crippen LogP contribution >= 0.6 is 15.9 Å². The highest BCUT2D eigenvalue weighted by molar-refractivity contribution is 9.10. The summed E-state index contributed by atoms with van der Waals surface area (Å²) >= 11 is 3.59. The quantitative estimate of drug-likeness (QED) is 0.0851. The summed E-state index contributed by atoms with van der Waals surface area (Å²) in [6.07, 6.45) is 1.57. The van der Waals surface area contributed by atoms with E-state index in [0.29, 0.717) is 38.3 Å². The average molecular weight is 672 g/mol. The maximum Gasteiger partial charge on any atom is 0.282 e. The van der Waals surface area contributed by atoms with Gasteiger partial charge in [0.2, 0.25) is 0 Å². The van der Waals surface area contributed by atoms with E-state index in [0.717, 1.165) is 28.0 Å². The summed E-state index contributed by atoms with van der Waals surface area (Å²) in [5.74, 6) is 2.26. The highest BCUT2D eigenvalue weighted by atomic mass is 79.9. The van der Waals surface area contributed by atoms with E-state index in [-0.39, 0.29) is 23.8 Å². The third-order valence-electron chi connectivity index (χ3n) is 7.33. The summed E-state index contributed by atoms with van der Waals surface area (Å²) in [5.41, 5.74) is 4.32. The molecule has 1 heterocycles. The molecule has 0 atom stereocenters. The number of aryl methyl sites for hydroxylation is 1. The van der Waals surface area contributed by atoms with E-state index in [2.05, 4.69) is 34.9 Å². The van der Waals surface area contributed by atoms with Crippen LogP contribution in [0.4, 0.5) is 5.69 Å². The van der Waals surface area contributed by atoms with Gasteiger partial charge in [0.05, 0.1) is 36.3 Å². The Kier molecular flexibility index (Phi) is 9.29. The summed E-state index contributed by atoms with van der Waals surface area (Å²) in [6, 6.07) is 20.8. The molecular formula is C34H31BrN4O6. The lowest BCUT2D eigenvalue weighted by molar-refractivity contribution is -0.384. The number of nitrogens with zero attached hydrogens (tertiary/aromatic N) is 4. The summed E-state index contributed by atoms with van der Waals surface area (Å²) in [4.78, 5) is 29.2. The Bertz CT molecular complexity index is 1990. The van der Waals surface area contributed by atoms with Crippen molar-refractivity contribution in [1.29, 1.82) is 0 Å². The predicted molar refractivity (Wildman–Crippen MR) is 178 cm³/mol. The van der Waals surface area contributed by atoms with E-state index in [4.69, 9.17) is 19.2 Å². The highest BCUT2D eigenvalue weighted by Gasteiger charge is 2.19. The van der Waals surface area contributed by atoms with E-state index in [1.807, 2.05) is 31.2 Å². The molecule has 0 aliphatic carbocycles. The van der Waals surface area contributed by atoms with Crippen molar-refractivity contribution in [1.82, 2.24) is 9.66 Å². The minimum atomic E-state index is -0.447. The Balaban J connectivity index is 1.55. The van der Waals surface area contributed by atoms with Crippen molar-refractivity contribution in [3.63, 3.8) is 0 Å². The van der Waals surface area contributed by atoms with Gasteiger partial charge in [-0.25, -0.2) is 4.98 Å². The largest absolute Gasteiger partial charge is 0.496 e. The predicted octanol–water partition coefficient (Wildman–Crippen LogP) is 7.64. The molecule has 0 N–H and O–H groups in total. The molecular weight excluding hydrogens is 640 g/mol. The number of para-hydroxylation sites is 1. The number of aromatic nitrogens is 2. The molecule has 0 fully saturated rings. The van der Waals surface area contributed by atoms with Crippen molar-refractivity contribution >= 4 is 38.7 Å². The van der Waals surface area contributed by atoms with Gasteiger partial charge in [-0.2, -0.15) is 9.78 Å². The molecule has 0 spiro atoms. The van der Waals surface area contributed by atoms with Crippen LogP contribution in [0.2, 0.25) is 0 Å². The fraction of sp³-hybridized carbons (Fsp3) is 0.206. The van der Waals surface area contributed by atoms with Gasteiger partial charge in [-0.05, 0) is 94.0 Å². The van der Waals surface area contributed by atoms with Crippen LogP contribution in [0, 0.1) is 17.0 Å². The van der Waals surface area contributed by atoms with E-state index in [9.17, 15) is 14.9 Å². The topological polar surface area (TPSA) is 118 Å². The van der Waals surface area contributed by atoms with Crippen LogP contribution in [0.1, 0.15) is 42.0 Å². The van der Waals surface area contributed by atoms with Crippen LogP contribution in [0.3, 0.4) is 0 Å². The molecule has 5 rings (SSSR count). The summed E-state index contributed by atoms with van der Waals surface area (Å²) in [6.45, 7) is 6.30. The molecule has 4 aromatic carbocycles. The Morgan fingerprint density at radius 3 is 2.38 bits per heavy atom. The minimum Gasteiger partial charge on any atom is -0.496 e. The number of nitro benzene ring substituents is 1. The van der Waals surface area contributed by atoms with E-state index in [1.165, 1.54) is 23.9 Å². The molecule has 0 radical (unpaired) electrons. The first kappa shape index (κ1) is 31.4. The number of hydrogen-bond acceptors (Lipinski definition) is 8. The molecule has 0 bridgehead atoms. The first-order valence-corrected chi connectivity index (χ1v) is 14.9. The Labute approximate surface area is 268 Å². The second-order valence-corrected chi connectivity index (χ2v) is 11.5. The summed E-state index contributed by atoms with van der Waals surface area (Å²) < 4.78 is 19.2. The van der Waals surface area contributed by atoms with Crippen molar-refractivity contribution in [3.8, 4) is 28.6 Å². The number of halogens is 1. The highest BCUT2D eigenvalue weighted by Crippen LogP contribution is 2.35. The van der Waals surface area contributed by atoms with Crippen LogP contribution in [-0.2, 0) is 6.61 Å². The second kappa shape index (κ2) is 13.3. The van der Waals surface area contributed by atoms with Gasteiger partial charge in [-0.1, -0.05) is 26.0 Å². The van der Waals surface area contributed by atoms with Crippen LogP contribution in [0.25, 0.3) is 22.3 Å². The van der Waals surface area contributed by atoms with Gasteiger partial charge >= 0.3 is 0 Å². The Morgan fingerprint density at radius 1 is 1.00 bits per heavy atom. The monoisotopic (exact) mass is 670 g/mol. The van der Waals surface area contributed by atoms with E-state index < -0.39 is 4.92 Å². The van der Waals surface area contributed by atoms with Crippen molar-refractivity contribution < 1.29 is 19.1 Å². The van der Waals surface area contributed by atoms with Crippen molar-refractivity contribution in [3.05, 3.63) is 120 Å². The van der Waals surface area contributed by atoms with Gasteiger partial charge in [0.1, 0.15) is 12.4 Å². The number of hydrogen-bond donors (Lipinski definition) is 0. The van der Waals surface area contributed by atoms with Crippen molar-refractivity contribution in [2.45, 2.75) is 33.3 Å². The Hall–Kier alpha value is -5.03. The fourth-order valence-electron chi connectivity index (χ4n) is 4.89. The summed E-state index contributed by atoms with van der Waals surface area (Å²) in [5, 5.41) is 16.0. The number of fused-ring (bicyclic) bond motifs is 1. The third-order valence-corrected chi connectivity index (χ3v) is 8.02. The lowest BCUT2D eigenvalue weighted by Crippen LogP contribution is -2.21. The molecule has 0 unspecified atom stereocenters. The SMILES string of the molecule is COc1cc(C=Nn2c(-c3cc(C(C)C)c(OC)cc3C)nc3ccccc3c2=O)c(Br)cc1OCc1ccc([N+](=O)[O-])cc1. The number of nitro groups is 1. The van der Waals surface area contributed by atoms with Gasteiger partial charge < -0.3 is 14.2 Å². The smallest absolute Gasteiger partial charge is 0.282 e. The lowest BCUT2D eigenvalue weighted by atomic mass is 9.96. The molecule has 10 nitrogen and oxygen atoms in total. The second-order valence-electron chi connectivity index (χ2n) is 10.6. The van der Waals surface area contributed by atoms with Gasteiger partial charge in [0.25, 0.3) is 11.2 Å². The first-order valence-electron chi connectivity index (χ1n) is 14.1. The zero-order chi connectivity index (χ0) is 32.2. The molecule has 0 aliphatic heterocycles. The first-order chi connectivity index (χ1) is 21.6. The molecule has 0 amide bonds. The fourth-order valence-corrected chi connectivity index (χ4v) is 5.31. The Morgan fingerprint density at radius 2 is 1.71 bits per heavy atom. The maximum absolute atomic E-state index is 13.8. The number of non-ortho nitro benzene ring substituents is 1. The number of rotatable bonds is 10. The number of benzene rings is 4. The molecule has 5 aromatic rings. The van der Waals surface area contributed by atoms with Gasteiger partial charge in [0, 0.05) is 27.7 Å². The van der Waals surface area contributed by atoms with E-state index >= 15 is 0 Å². The van der Waals surface area contributed by atoms with Crippen LogP contribution in [-0.4, -0.2) is 35.0 Å². The molecule has 45 heavy (non-hydrogen) atoms. The third kappa shape index (κ3) is 6.58. The van der Waals surface area contributed by atoms with Gasteiger partial charge in [-0.15, -0.1) is 0 Å². The zero-order valence-corrected chi connectivity index (χ0v) is 27.0. The van der Waals surface area contributed by atoms with Gasteiger partial charge in [0.15, 0.2) is 17.3 Å². The molecule has 230 valence electrons. The molecule has 0 saturated carbocycles. The minimum absolute atomic E-state index is 0.00843. The summed E-state index contributed by atoms with van der Waals surface area (Å²) in [7, 11) is 3.17. The molecule has 11 heteroatoms. The van der Waals surface area contributed by atoms with Gasteiger partial charge in [-0.3, -0.25) is 14.9 Å². The lowest BCUT2D eigenvalue weighted by Gasteiger charge is -2.17. The van der Waals surface area contributed by atoms with Crippen LogP contribution in [0.5, 0.6) is 17.2 Å². The average Bonchev–Trinajstić information content (AvgIpc) is 3.03. The number of methoxy groups -OCH3 is 2. The number of ether oxygens (including phenoxy) is 3. The standard InChI is InChI=1S/C34H31BrN4O6/c1-20(2)26-16-27(21(3)14-30(26)43-4)33-37-29-9-7-6-8-25(29)34(40)38(33)36-18-23-15-31(44-5)32(17-28(23)35)45-19-22-10-12-24(13-11-22)39(41)42/h6-18,20H,19H2,1-5H3. The van der Waals surface area contributed by atoms with Crippen LogP contribution in [0.15, 0.2) is 87.2 Å². The van der Waals surface area contributed by atoms with Crippen LogP contribution < -0.4 is 19.8 Å². The zero-order valence-electron chi connectivity index (χ0n) is 25.4.